The van der Waals surface area contributed by atoms with E-state index < -0.39 is 11.4 Å². The van der Waals surface area contributed by atoms with E-state index in [0.29, 0.717) is 17.8 Å². The third-order valence-corrected chi connectivity index (χ3v) is 5.99. The van der Waals surface area contributed by atoms with Crippen molar-refractivity contribution in [2.24, 2.45) is 0 Å². The van der Waals surface area contributed by atoms with Crippen LogP contribution in [0.3, 0.4) is 0 Å². The summed E-state index contributed by atoms with van der Waals surface area (Å²) in [5, 5.41) is 12.2. The van der Waals surface area contributed by atoms with E-state index in [-0.39, 0.29) is 0 Å². The van der Waals surface area contributed by atoms with Gasteiger partial charge in [0.15, 0.2) is 5.13 Å². The number of carboxylic acids is 1. The molecule has 3 heterocycles. The van der Waals surface area contributed by atoms with Crippen LogP contribution < -0.4 is 4.90 Å². The minimum absolute atomic E-state index is 0.609. The van der Waals surface area contributed by atoms with Crippen LogP contribution in [0.1, 0.15) is 38.8 Å². The van der Waals surface area contributed by atoms with Gasteiger partial charge < -0.3 is 10.0 Å². The Bertz CT molecular complexity index is 543. The van der Waals surface area contributed by atoms with Crippen molar-refractivity contribution in [3.05, 3.63) is 11.1 Å². The molecule has 0 spiro atoms. The number of carbonyl (C=O) groups is 1. The minimum atomic E-state index is -0.920. The van der Waals surface area contributed by atoms with Crippen molar-refractivity contribution in [2.45, 2.75) is 50.6 Å². The predicted octanol–water partition coefficient (Wildman–Crippen LogP) is 2.18. The lowest BCUT2D eigenvalue weighted by atomic mass is 9.90. The molecule has 0 saturated carbocycles. The average Bonchev–Trinajstić information content (AvgIpc) is 2.96. The van der Waals surface area contributed by atoms with Gasteiger partial charge in [-0.1, -0.05) is 0 Å². The number of nitrogens with zero attached hydrogens (tertiary/aromatic N) is 3. The Balaban J connectivity index is 1.79. The van der Waals surface area contributed by atoms with Gasteiger partial charge in [-0.05, 0) is 40.2 Å². The molecule has 1 N–H and O–H groups in total. The van der Waals surface area contributed by atoms with E-state index in [1.54, 1.807) is 25.2 Å². The van der Waals surface area contributed by atoms with Crippen LogP contribution in [0.5, 0.6) is 0 Å². The van der Waals surface area contributed by atoms with Crippen molar-refractivity contribution < 1.29 is 9.90 Å². The van der Waals surface area contributed by atoms with Crippen molar-refractivity contribution in [3.63, 3.8) is 0 Å². The highest BCUT2D eigenvalue weighted by Gasteiger charge is 2.36. The summed E-state index contributed by atoms with van der Waals surface area (Å²) in [7, 11) is 2.23. The monoisotopic (exact) mass is 309 g/mol. The summed E-state index contributed by atoms with van der Waals surface area (Å²) < 4.78 is 0. The fourth-order valence-electron chi connectivity index (χ4n) is 3.29. The molecule has 2 bridgehead atoms. The molecule has 0 aliphatic carbocycles. The Kier molecular flexibility index (Phi) is 3.69. The zero-order chi connectivity index (χ0) is 15.2. The van der Waals surface area contributed by atoms with Gasteiger partial charge in [0.2, 0.25) is 0 Å². The standard InChI is InChI=1S/C15H23N3O2S/c1-15(2,13(19)20)12-9-21-14(16-12)18-7-6-10-4-5-11(8-18)17(10)3/h9-11H,4-8H2,1-3H3,(H,19,20). The van der Waals surface area contributed by atoms with Gasteiger partial charge in [-0.25, -0.2) is 4.98 Å². The zero-order valence-electron chi connectivity index (χ0n) is 12.9. The second kappa shape index (κ2) is 5.25. The summed E-state index contributed by atoms with van der Waals surface area (Å²) in [5.74, 6) is -0.825. The Morgan fingerprint density at radius 3 is 2.81 bits per heavy atom. The van der Waals surface area contributed by atoms with Gasteiger partial charge in [-0.2, -0.15) is 0 Å². The maximum Gasteiger partial charge on any atom is 0.315 e. The molecule has 0 aromatic carbocycles. The van der Waals surface area contributed by atoms with E-state index in [2.05, 4.69) is 21.8 Å². The number of aromatic nitrogens is 1. The molecule has 2 aliphatic rings. The molecule has 1 aromatic rings. The average molecular weight is 309 g/mol. The number of rotatable bonds is 3. The molecule has 5 nitrogen and oxygen atoms in total. The highest BCUT2D eigenvalue weighted by atomic mass is 32.1. The van der Waals surface area contributed by atoms with Crippen LogP contribution in [0.25, 0.3) is 0 Å². The van der Waals surface area contributed by atoms with Gasteiger partial charge in [0.05, 0.1) is 5.69 Å². The van der Waals surface area contributed by atoms with Gasteiger partial charge in [0, 0.05) is 30.6 Å². The van der Waals surface area contributed by atoms with Crippen LogP contribution in [-0.4, -0.2) is 53.2 Å². The van der Waals surface area contributed by atoms with Gasteiger partial charge in [0.1, 0.15) is 5.41 Å². The fourth-order valence-corrected chi connectivity index (χ4v) is 4.32. The molecular weight excluding hydrogens is 286 g/mol. The molecular formula is C15H23N3O2S. The van der Waals surface area contributed by atoms with Gasteiger partial charge in [0.25, 0.3) is 0 Å². The van der Waals surface area contributed by atoms with E-state index in [9.17, 15) is 9.90 Å². The Morgan fingerprint density at radius 2 is 2.10 bits per heavy atom. The van der Waals surface area contributed by atoms with Crippen molar-refractivity contribution >= 4 is 22.4 Å². The van der Waals surface area contributed by atoms with Crippen LogP contribution in [0, 0.1) is 0 Å². The first-order valence-electron chi connectivity index (χ1n) is 7.56. The fraction of sp³-hybridized carbons (Fsp3) is 0.733. The molecule has 2 atom stereocenters. The van der Waals surface area contributed by atoms with Crippen LogP contribution in [0.15, 0.2) is 5.38 Å². The minimum Gasteiger partial charge on any atom is -0.481 e. The lowest BCUT2D eigenvalue weighted by Crippen LogP contribution is -2.36. The van der Waals surface area contributed by atoms with Crippen LogP contribution in [0.2, 0.25) is 0 Å². The summed E-state index contributed by atoms with van der Waals surface area (Å²) in [6.45, 7) is 5.46. The largest absolute Gasteiger partial charge is 0.481 e. The van der Waals surface area contributed by atoms with E-state index >= 15 is 0 Å². The molecule has 2 aliphatic heterocycles. The lowest BCUT2D eigenvalue weighted by Gasteiger charge is -2.25. The molecule has 21 heavy (non-hydrogen) atoms. The molecule has 2 unspecified atom stereocenters. The van der Waals surface area contributed by atoms with E-state index in [1.807, 2.05) is 5.38 Å². The maximum absolute atomic E-state index is 11.4. The number of hydrogen-bond donors (Lipinski definition) is 1. The summed E-state index contributed by atoms with van der Waals surface area (Å²) in [6.07, 6.45) is 3.74. The summed E-state index contributed by atoms with van der Waals surface area (Å²) in [4.78, 5) is 20.8. The number of thiazole rings is 1. The number of aliphatic carboxylic acids is 1. The first-order valence-corrected chi connectivity index (χ1v) is 8.44. The van der Waals surface area contributed by atoms with E-state index in [4.69, 9.17) is 0 Å². The van der Waals surface area contributed by atoms with Crippen LogP contribution in [0.4, 0.5) is 5.13 Å². The van der Waals surface area contributed by atoms with E-state index in [0.717, 1.165) is 18.2 Å². The van der Waals surface area contributed by atoms with E-state index in [1.165, 1.54) is 19.3 Å². The van der Waals surface area contributed by atoms with Crippen molar-refractivity contribution in [1.29, 1.82) is 0 Å². The normalized spacial score (nSPS) is 26.9. The molecule has 116 valence electrons. The third-order valence-electron chi connectivity index (χ3n) is 5.09. The quantitative estimate of drug-likeness (QED) is 0.927. The summed E-state index contributed by atoms with van der Waals surface area (Å²) in [6, 6.07) is 1.31. The molecule has 1 aromatic heterocycles. The Hall–Kier alpha value is -1.14. The molecule has 2 saturated heterocycles. The second-order valence-electron chi connectivity index (χ2n) is 6.73. The van der Waals surface area contributed by atoms with Gasteiger partial charge >= 0.3 is 5.97 Å². The Morgan fingerprint density at radius 1 is 1.38 bits per heavy atom. The third kappa shape index (κ3) is 2.55. The number of hydrogen-bond acceptors (Lipinski definition) is 5. The van der Waals surface area contributed by atoms with Crippen molar-refractivity contribution in [2.75, 3.05) is 25.0 Å². The Labute approximate surface area is 129 Å². The van der Waals surface area contributed by atoms with Crippen LogP contribution >= 0.6 is 11.3 Å². The molecule has 6 heteroatoms. The molecule has 0 radical (unpaired) electrons. The number of likely N-dealkylation sites (N-methyl/N-ethyl adjacent to an activating group) is 1. The smallest absolute Gasteiger partial charge is 0.315 e. The molecule has 0 amide bonds. The van der Waals surface area contributed by atoms with Crippen LogP contribution in [-0.2, 0) is 10.2 Å². The lowest BCUT2D eigenvalue weighted by molar-refractivity contribution is -0.142. The number of fused-ring (bicyclic) bond motifs is 2. The first-order chi connectivity index (χ1) is 9.89. The second-order valence-corrected chi connectivity index (χ2v) is 7.57. The highest BCUT2D eigenvalue weighted by molar-refractivity contribution is 7.13. The number of anilines is 1. The van der Waals surface area contributed by atoms with Crippen molar-refractivity contribution in [1.82, 2.24) is 9.88 Å². The van der Waals surface area contributed by atoms with Crippen molar-refractivity contribution in [3.8, 4) is 0 Å². The maximum atomic E-state index is 11.4. The summed E-state index contributed by atoms with van der Waals surface area (Å²) in [5.41, 5.74) is -0.256. The predicted molar refractivity (Wildman–Crippen MR) is 84.2 cm³/mol. The SMILES string of the molecule is CN1C2CCC1CN(c1nc(C(C)(C)C(=O)O)cs1)CC2. The molecule has 2 fully saturated rings. The van der Waals surface area contributed by atoms with Gasteiger partial charge in [-0.15, -0.1) is 11.3 Å². The molecule has 3 rings (SSSR count). The summed E-state index contributed by atoms with van der Waals surface area (Å²) >= 11 is 1.57. The highest BCUT2D eigenvalue weighted by Crippen LogP contribution is 2.34. The first kappa shape index (κ1) is 14.8. The topological polar surface area (TPSA) is 56.7 Å². The van der Waals surface area contributed by atoms with Gasteiger partial charge in [-0.3, -0.25) is 9.69 Å². The zero-order valence-corrected chi connectivity index (χ0v) is 13.7. The number of carboxylic acid groups (broad SMARTS) is 1.